The van der Waals surface area contributed by atoms with Crippen LogP contribution in [0.5, 0.6) is 0 Å². The van der Waals surface area contributed by atoms with Crippen molar-refractivity contribution in [3.05, 3.63) is 11.3 Å². The summed E-state index contributed by atoms with van der Waals surface area (Å²) < 4.78 is 2.06. The summed E-state index contributed by atoms with van der Waals surface area (Å²) in [5, 5.41) is 8.37. The summed E-state index contributed by atoms with van der Waals surface area (Å²) in [6.45, 7) is 3.50. The molecule has 2 aliphatic rings. The fraction of sp³-hybridized carbons (Fsp3) is 0.786. The third-order valence-corrected chi connectivity index (χ3v) is 4.33. The monoisotopic (exact) mass is 248 g/mol. The molecule has 4 nitrogen and oxygen atoms in total. The van der Waals surface area contributed by atoms with Gasteiger partial charge in [-0.05, 0) is 45.7 Å². The number of nitrogens with zero attached hydrogens (tertiary/aromatic N) is 3. The first-order valence-electron chi connectivity index (χ1n) is 7.24. The molecule has 0 bridgehead atoms. The van der Waals surface area contributed by atoms with Gasteiger partial charge in [-0.25, -0.2) is 0 Å². The Morgan fingerprint density at radius 2 is 2.11 bits per heavy atom. The average molecular weight is 248 g/mol. The molecule has 3 heterocycles. The quantitative estimate of drug-likeness (QED) is 0.825. The van der Waals surface area contributed by atoms with E-state index in [1.54, 1.807) is 0 Å². The minimum atomic E-state index is 0.638. The smallest absolute Gasteiger partial charge is 0.127 e. The standard InChI is InChI=1S/C14H24N4/c1-17-9-5-6-11(10-17)13-12-7-3-4-8-15-14(12)18(2)16-13/h11,15H,3-10H2,1-2H3/t11-/m0/s1. The van der Waals surface area contributed by atoms with Crippen molar-refractivity contribution in [1.82, 2.24) is 14.7 Å². The molecule has 1 aromatic rings. The van der Waals surface area contributed by atoms with Crippen molar-refractivity contribution in [2.45, 2.75) is 38.0 Å². The summed E-state index contributed by atoms with van der Waals surface area (Å²) in [4.78, 5) is 2.44. The zero-order chi connectivity index (χ0) is 12.5. The molecule has 1 aromatic heterocycles. The average Bonchev–Trinajstić information content (AvgIpc) is 2.55. The zero-order valence-corrected chi connectivity index (χ0v) is 11.6. The van der Waals surface area contributed by atoms with Crippen molar-refractivity contribution < 1.29 is 0 Å². The van der Waals surface area contributed by atoms with E-state index in [1.165, 1.54) is 62.3 Å². The van der Waals surface area contributed by atoms with Crippen molar-refractivity contribution in [3.63, 3.8) is 0 Å². The predicted octanol–water partition coefficient (Wildman–Crippen LogP) is 1.98. The Labute approximate surface area is 109 Å². The van der Waals surface area contributed by atoms with Crippen molar-refractivity contribution >= 4 is 5.82 Å². The van der Waals surface area contributed by atoms with E-state index in [-0.39, 0.29) is 0 Å². The van der Waals surface area contributed by atoms with Crippen LogP contribution in [0.1, 0.15) is 42.9 Å². The Balaban J connectivity index is 1.91. The number of hydrogen-bond acceptors (Lipinski definition) is 3. The van der Waals surface area contributed by atoms with Gasteiger partial charge < -0.3 is 10.2 Å². The van der Waals surface area contributed by atoms with Crippen LogP contribution in [-0.4, -0.2) is 41.4 Å². The van der Waals surface area contributed by atoms with E-state index in [0.717, 1.165) is 6.54 Å². The summed E-state index contributed by atoms with van der Waals surface area (Å²) in [7, 11) is 4.30. The Bertz CT molecular complexity index is 424. The number of fused-ring (bicyclic) bond motifs is 1. The molecular weight excluding hydrogens is 224 g/mol. The van der Waals surface area contributed by atoms with E-state index >= 15 is 0 Å². The van der Waals surface area contributed by atoms with Gasteiger partial charge in [-0.15, -0.1) is 0 Å². The fourth-order valence-electron chi connectivity index (χ4n) is 3.41. The Morgan fingerprint density at radius 1 is 1.22 bits per heavy atom. The molecule has 0 amide bonds. The number of likely N-dealkylation sites (tertiary alicyclic amines) is 1. The minimum Gasteiger partial charge on any atom is -0.370 e. The highest BCUT2D eigenvalue weighted by Gasteiger charge is 2.27. The van der Waals surface area contributed by atoms with Gasteiger partial charge in [-0.1, -0.05) is 0 Å². The van der Waals surface area contributed by atoms with Gasteiger partial charge in [0, 0.05) is 31.6 Å². The molecule has 0 saturated carbocycles. The van der Waals surface area contributed by atoms with Gasteiger partial charge in [-0.3, -0.25) is 4.68 Å². The van der Waals surface area contributed by atoms with Crippen LogP contribution in [0.2, 0.25) is 0 Å². The van der Waals surface area contributed by atoms with Crippen LogP contribution in [0.3, 0.4) is 0 Å². The van der Waals surface area contributed by atoms with Crippen LogP contribution >= 0.6 is 0 Å². The molecule has 100 valence electrons. The van der Waals surface area contributed by atoms with Gasteiger partial charge in [0.2, 0.25) is 0 Å². The summed E-state index contributed by atoms with van der Waals surface area (Å²) >= 11 is 0. The predicted molar refractivity (Wildman–Crippen MR) is 74.1 cm³/mol. The summed E-state index contributed by atoms with van der Waals surface area (Å²) in [5.41, 5.74) is 2.86. The molecule has 4 heteroatoms. The fourth-order valence-corrected chi connectivity index (χ4v) is 3.41. The zero-order valence-electron chi connectivity index (χ0n) is 11.6. The van der Waals surface area contributed by atoms with Crippen LogP contribution in [0.25, 0.3) is 0 Å². The maximum absolute atomic E-state index is 4.82. The van der Waals surface area contributed by atoms with E-state index in [9.17, 15) is 0 Å². The highest BCUT2D eigenvalue weighted by atomic mass is 15.3. The Kier molecular flexibility index (Phi) is 3.29. The molecule has 18 heavy (non-hydrogen) atoms. The molecule has 1 fully saturated rings. The number of nitrogens with one attached hydrogen (secondary N) is 1. The minimum absolute atomic E-state index is 0.638. The summed E-state index contributed by atoms with van der Waals surface area (Å²) in [6, 6.07) is 0. The van der Waals surface area contributed by atoms with Gasteiger partial charge in [0.05, 0.1) is 5.69 Å². The lowest BCUT2D eigenvalue weighted by molar-refractivity contribution is 0.247. The molecule has 0 unspecified atom stereocenters. The molecule has 2 aliphatic heterocycles. The lowest BCUT2D eigenvalue weighted by Gasteiger charge is -2.29. The number of hydrogen-bond donors (Lipinski definition) is 1. The SMILES string of the molecule is CN1CCC[C@H](c2nn(C)c3c2CCCCN3)C1. The van der Waals surface area contributed by atoms with Crippen LogP contribution in [-0.2, 0) is 13.5 Å². The number of aromatic nitrogens is 2. The highest BCUT2D eigenvalue weighted by molar-refractivity contribution is 5.50. The molecule has 1 atom stereocenters. The van der Waals surface area contributed by atoms with Crippen molar-refractivity contribution in [2.24, 2.45) is 7.05 Å². The summed E-state index contributed by atoms with van der Waals surface area (Å²) in [6.07, 6.45) is 6.37. The largest absolute Gasteiger partial charge is 0.370 e. The highest BCUT2D eigenvalue weighted by Crippen LogP contribution is 2.33. The first-order valence-corrected chi connectivity index (χ1v) is 7.24. The second kappa shape index (κ2) is 4.92. The number of likely N-dealkylation sites (N-methyl/N-ethyl adjacent to an activating group) is 1. The van der Waals surface area contributed by atoms with Crippen LogP contribution < -0.4 is 5.32 Å². The van der Waals surface area contributed by atoms with E-state index in [4.69, 9.17) is 5.10 Å². The Hall–Kier alpha value is -1.03. The normalized spacial score (nSPS) is 25.3. The van der Waals surface area contributed by atoms with Crippen LogP contribution in [0.15, 0.2) is 0 Å². The Morgan fingerprint density at radius 3 is 2.94 bits per heavy atom. The third kappa shape index (κ3) is 2.14. The molecule has 0 spiro atoms. The lowest BCUT2D eigenvalue weighted by Crippen LogP contribution is -2.31. The van der Waals surface area contributed by atoms with Gasteiger partial charge in [0.15, 0.2) is 0 Å². The maximum atomic E-state index is 4.82. The van der Waals surface area contributed by atoms with E-state index in [0.29, 0.717) is 5.92 Å². The van der Waals surface area contributed by atoms with E-state index < -0.39 is 0 Å². The van der Waals surface area contributed by atoms with Crippen molar-refractivity contribution in [1.29, 1.82) is 0 Å². The van der Waals surface area contributed by atoms with Crippen LogP contribution in [0.4, 0.5) is 5.82 Å². The number of rotatable bonds is 1. The second-order valence-corrected chi connectivity index (χ2v) is 5.82. The molecule has 1 N–H and O–H groups in total. The third-order valence-electron chi connectivity index (χ3n) is 4.33. The van der Waals surface area contributed by atoms with Gasteiger partial charge in [-0.2, -0.15) is 5.10 Å². The van der Waals surface area contributed by atoms with Crippen molar-refractivity contribution in [2.75, 3.05) is 32.0 Å². The molecule has 0 radical (unpaired) electrons. The first kappa shape index (κ1) is 12.0. The second-order valence-electron chi connectivity index (χ2n) is 5.82. The van der Waals surface area contributed by atoms with Crippen LogP contribution in [0, 0.1) is 0 Å². The van der Waals surface area contributed by atoms with Gasteiger partial charge in [0.25, 0.3) is 0 Å². The van der Waals surface area contributed by atoms with Crippen molar-refractivity contribution in [3.8, 4) is 0 Å². The topological polar surface area (TPSA) is 33.1 Å². The summed E-state index contributed by atoms with van der Waals surface area (Å²) in [5.74, 6) is 1.91. The number of anilines is 1. The van der Waals surface area contributed by atoms with E-state index in [1.807, 2.05) is 0 Å². The molecule has 0 aromatic carbocycles. The van der Waals surface area contributed by atoms with Gasteiger partial charge in [0.1, 0.15) is 5.82 Å². The molecule has 0 aliphatic carbocycles. The van der Waals surface area contributed by atoms with Gasteiger partial charge >= 0.3 is 0 Å². The van der Waals surface area contributed by atoms with E-state index in [2.05, 4.69) is 29.0 Å². The molecule has 1 saturated heterocycles. The lowest BCUT2D eigenvalue weighted by atomic mass is 9.91. The number of aryl methyl sites for hydroxylation is 1. The first-order chi connectivity index (χ1) is 8.75. The molecule has 3 rings (SSSR count). The number of piperidine rings is 1. The maximum Gasteiger partial charge on any atom is 0.127 e. The molecular formula is C14H24N4.